The zero-order valence-electron chi connectivity index (χ0n) is 7.79. The molecule has 80 valence electrons. The number of nitrogens with zero attached hydrogens (tertiary/aromatic N) is 1. The maximum atomic E-state index is 11.2. The Morgan fingerprint density at radius 2 is 2.07 bits per heavy atom. The summed E-state index contributed by atoms with van der Waals surface area (Å²) in [5.74, 6) is 0. The van der Waals surface area contributed by atoms with Gasteiger partial charge in [0.05, 0.1) is 10.6 Å². The van der Waals surface area contributed by atoms with Crippen LogP contribution in [0.4, 0.5) is 0 Å². The first-order chi connectivity index (χ1) is 6.90. The standard InChI is InChI=1S/C9H7Cl2NO2S/c1-2-6-3-7(5-12)9(8(10)4-6)15(11,13)14/h3-4H,2H2,1H3. The fraction of sp³-hybridized carbons (Fsp3) is 0.222. The first kappa shape index (κ1) is 12.3. The van der Waals surface area contributed by atoms with Gasteiger partial charge >= 0.3 is 0 Å². The van der Waals surface area contributed by atoms with E-state index in [9.17, 15) is 8.42 Å². The van der Waals surface area contributed by atoms with Crippen LogP contribution in [0.5, 0.6) is 0 Å². The minimum Gasteiger partial charge on any atom is -0.207 e. The van der Waals surface area contributed by atoms with Crippen molar-refractivity contribution in [3.05, 3.63) is 28.3 Å². The zero-order chi connectivity index (χ0) is 11.6. The van der Waals surface area contributed by atoms with Gasteiger partial charge < -0.3 is 0 Å². The highest BCUT2D eigenvalue weighted by atomic mass is 35.7. The quantitative estimate of drug-likeness (QED) is 0.771. The van der Waals surface area contributed by atoms with Gasteiger partial charge in [0, 0.05) is 10.7 Å². The molecule has 1 aromatic rings. The highest BCUT2D eigenvalue weighted by molar-refractivity contribution is 8.13. The number of halogens is 2. The van der Waals surface area contributed by atoms with Crippen LogP contribution in [0.1, 0.15) is 18.1 Å². The van der Waals surface area contributed by atoms with E-state index in [2.05, 4.69) is 0 Å². The molecule has 1 rings (SSSR count). The largest absolute Gasteiger partial charge is 0.264 e. The molecule has 15 heavy (non-hydrogen) atoms. The number of benzene rings is 1. The van der Waals surface area contributed by atoms with Crippen LogP contribution in [-0.4, -0.2) is 8.42 Å². The normalized spacial score (nSPS) is 11.1. The third-order valence-corrected chi connectivity index (χ3v) is 3.68. The lowest BCUT2D eigenvalue weighted by Gasteiger charge is -2.05. The Morgan fingerprint density at radius 3 is 2.47 bits per heavy atom. The average Bonchev–Trinajstić information content (AvgIpc) is 2.14. The van der Waals surface area contributed by atoms with E-state index in [-0.39, 0.29) is 15.5 Å². The van der Waals surface area contributed by atoms with E-state index < -0.39 is 9.05 Å². The Bertz CT molecular complexity index is 532. The van der Waals surface area contributed by atoms with Gasteiger partial charge in [0.1, 0.15) is 11.0 Å². The third kappa shape index (κ3) is 2.63. The van der Waals surface area contributed by atoms with Crippen LogP contribution in [0, 0.1) is 11.3 Å². The molecule has 0 aliphatic rings. The van der Waals surface area contributed by atoms with Gasteiger partial charge in [-0.25, -0.2) is 8.42 Å². The van der Waals surface area contributed by atoms with Gasteiger partial charge in [-0.15, -0.1) is 0 Å². The van der Waals surface area contributed by atoms with Crippen molar-refractivity contribution in [1.82, 2.24) is 0 Å². The molecule has 0 unspecified atom stereocenters. The van der Waals surface area contributed by atoms with Gasteiger partial charge in [-0.3, -0.25) is 0 Å². The van der Waals surface area contributed by atoms with Crippen LogP contribution in [-0.2, 0) is 15.5 Å². The summed E-state index contributed by atoms with van der Waals surface area (Å²) in [4.78, 5) is -0.314. The summed E-state index contributed by atoms with van der Waals surface area (Å²) in [6.07, 6.45) is 0.664. The second-order valence-corrected chi connectivity index (χ2v) is 5.77. The van der Waals surface area contributed by atoms with Crippen LogP contribution < -0.4 is 0 Å². The Kier molecular flexibility index (Phi) is 3.61. The van der Waals surface area contributed by atoms with E-state index in [1.807, 2.05) is 6.92 Å². The van der Waals surface area contributed by atoms with Crippen molar-refractivity contribution in [1.29, 1.82) is 5.26 Å². The summed E-state index contributed by atoms with van der Waals surface area (Å²) in [6.45, 7) is 1.88. The molecule has 0 N–H and O–H groups in total. The first-order valence-corrected chi connectivity index (χ1v) is 6.76. The molecule has 6 heteroatoms. The van der Waals surface area contributed by atoms with E-state index in [1.54, 1.807) is 6.07 Å². The van der Waals surface area contributed by atoms with Crippen molar-refractivity contribution in [2.24, 2.45) is 0 Å². The minimum absolute atomic E-state index is 0.0131. The highest BCUT2D eigenvalue weighted by Gasteiger charge is 2.20. The van der Waals surface area contributed by atoms with Crippen LogP contribution >= 0.6 is 22.3 Å². The molecule has 0 spiro atoms. The third-order valence-electron chi connectivity index (χ3n) is 1.88. The molecule has 0 heterocycles. The van der Waals surface area contributed by atoms with Gasteiger partial charge in [-0.2, -0.15) is 5.26 Å². The Balaban J connectivity index is 3.61. The molecule has 0 saturated heterocycles. The van der Waals surface area contributed by atoms with Gasteiger partial charge in [0.25, 0.3) is 9.05 Å². The number of nitriles is 1. The van der Waals surface area contributed by atoms with Gasteiger partial charge in [0.15, 0.2) is 0 Å². The molecule has 0 radical (unpaired) electrons. The fourth-order valence-electron chi connectivity index (χ4n) is 1.18. The average molecular weight is 264 g/mol. The SMILES string of the molecule is CCc1cc(Cl)c(S(=O)(=O)Cl)c(C#N)c1. The van der Waals surface area contributed by atoms with E-state index >= 15 is 0 Å². The van der Waals surface area contributed by atoms with E-state index in [1.165, 1.54) is 12.1 Å². The smallest absolute Gasteiger partial charge is 0.207 e. The molecule has 0 bridgehead atoms. The maximum absolute atomic E-state index is 11.2. The lowest BCUT2D eigenvalue weighted by Crippen LogP contribution is -1.98. The molecule has 3 nitrogen and oxygen atoms in total. The second kappa shape index (κ2) is 4.40. The predicted molar refractivity (Wildman–Crippen MR) is 58.6 cm³/mol. The molecule has 0 saturated carbocycles. The first-order valence-electron chi connectivity index (χ1n) is 4.07. The monoisotopic (exact) mass is 263 g/mol. The molecule has 0 fully saturated rings. The maximum Gasteiger partial charge on any atom is 0.264 e. The van der Waals surface area contributed by atoms with Crippen LogP contribution in [0.15, 0.2) is 17.0 Å². The van der Waals surface area contributed by atoms with Crippen molar-refractivity contribution < 1.29 is 8.42 Å². The van der Waals surface area contributed by atoms with Crippen molar-refractivity contribution in [2.45, 2.75) is 18.2 Å². The van der Waals surface area contributed by atoms with Crippen molar-refractivity contribution in [2.75, 3.05) is 0 Å². The summed E-state index contributed by atoms with van der Waals surface area (Å²) >= 11 is 5.76. The Hall–Kier alpha value is -0.760. The summed E-state index contributed by atoms with van der Waals surface area (Å²) in [5, 5.41) is 8.78. The van der Waals surface area contributed by atoms with Crippen molar-refractivity contribution >= 4 is 31.3 Å². The van der Waals surface area contributed by atoms with E-state index in [0.717, 1.165) is 5.56 Å². The summed E-state index contributed by atoms with van der Waals surface area (Å²) in [5.41, 5.74) is 0.773. The fourth-order valence-corrected chi connectivity index (χ4v) is 3.01. The molecular weight excluding hydrogens is 257 g/mol. The van der Waals surface area contributed by atoms with Crippen molar-refractivity contribution in [3.63, 3.8) is 0 Å². The van der Waals surface area contributed by atoms with Crippen molar-refractivity contribution in [3.8, 4) is 6.07 Å². The summed E-state index contributed by atoms with van der Waals surface area (Å²) < 4.78 is 22.3. The molecule has 0 atom stereocenters. The number of hydrogen-bond donors (Lipinski definition) is 0. The van der Waals surface area contributed by atoms with Gasteiger partial charge in [0.2, 0.25) is 0 Å². The Labute approximate surface area is 97.7 Å². The molecule has 0 amide bonds. The predicted octanol–water partition coefficient (Wildman–Crippen LogP) is 2.70. The molecule has 0 aliphatic carbocycles. The molecule has 0 aliphatic heterocycles. The van der Waals surface area contributed by atoms with E-state index in [4.69, 9.17) is 27.5 Å². The van der Waals surface area contributed by atoms with Gasteiger partial charge in [-0.1, -0.05) is 18.5 Å². The highest BCUT2D eigenvalue weighted by Crippen LogP contribution is 2.29. The summed E-state index contributed by atoms with van der Waals surface area (Å²) in [6, 6.07) is 4.74. The van der Waals surface area contributed by atoms with Crippen LogP contribution in [0.3, 0.4) is 0 Å². The topological polar surface area (TPSA) is 57.9 Å². The number of hydrogen-bond acceptors (Lipinski definition) is 3. The molecule has 0 aromatic heterocycles. The Morgan fingerprint density at radius 1 is 1.47 bits per heavy atom. The zero-order valence-corrected chi connectivity index (χ0v) is 10.1. The molecule has 1 aromatic carbocycles. The lowest BCUT2D eigenvalue weighted by atomic mass is 10.1. The van der Waals surface area contributed by atoms with Crippen LogP contribution in [0.25, 0.3) is 0 Å². The minimum atomic E-state index is -3.98. The van der Waals surface area contributed by atoms with Gasteiger partial charge in [-0.05, 0) is 24.1 Å². The van der Waals surface area contributed by atoms with Crippen LogP contribution in [0.2, 0.25) is 5.02 Å². The lowest BCUT2D eigenvalue weighted by molar-refractivity contribution is 0.609. The number of aryl methyl sites for hydroxylation is 1. The second-order valence-electron chi connectivity index (χ2n) is 2.86. The summed E-state index contributed by atoms with van der Waals surface area (Å²) in [7, 11) is 1.20. The number of rotatable bonds is 2. The molecular formula is C9H7Cl2NO2S. The van der Waals surface area contributed by atoms with E-state index in [0.29, 0.717) is 6.42 Å².